The van der Waals surface area contributed by atoms with Crippen molar-refractivity contribution in [3.8, 4) is 21.7 Å². The molecule has 5 nitrogen and oxygen atoms in total. The van der Waals surface area contributed by atoms with Gasteiger partial charge in [-0.3, -0.25) is 9.48 Å². The highest BCUT2D eigenvalue weighted by atomic mass is 35.5. The highest BCUT2D eigenvalue weighted by Gasteiger charge is 2.14. The van der Waals surface area contributed by atoms with Crippen molar-refractivity contribution < 1.29 is 4.79 Å². The summed E-state index contributed by atoms with van der Waals surface area (Å²) in [6.07, 6.45) is 3.93. The van der Waals surface area contributed by atoms with Crippen LogP contribution in [0.15, 0.2) is 42.0 Å². The van der Waals surface area contributed by atoms with E-state index in [0.717, 1.165) is 37.4 Å². The lowest BCUT2D eigenvalue weighted by Gasteiger charge is -2.00. The summed E-state index contributed by atoms with van der Waals surface area (Å²) < 4.78 is 1.66. The van der Waals surface area contributed by atoms with Gasteiger partial charge in [-0.1, -0.05) is 23.7 Å². The van der Waals surface area contributed by atoms with E-state index in [2.05, 4.69) is 15.1 Å². The van der Waals surface area contributed by atoms with Crippen LogP contribution in [0.4, 0.5) is 0 Å². The second-order valence-corrected chi connectivity index (χ2v) is 9.01. The molecule has 4 aromatic rings. The quantitative estimate of drug-likeness (QED) is 0.422. The second-order valence-electron chi connectivity index (χ2n) is 6.42. The molecule has 4 rings (SSSR count). The molecular formula is C20H17ClN4OS2. The number of ketones is 1. The summed E-state index contributed by atoms with van der Waals surface area (Å²) in [5.41, 5.74) is 3.86. The number of hydrogen-bond donors (Lipinski definition) is 0. The summed E-state index contributed by atoms with van der Waals surface area (Å²) in [5.74, 6) is 0.0730. The van der Waals surface area contributed by atoms with E-state index in [0.29, 0.717) is 11.4 Å². The molecule has 28 heavy (non-hydrogen) atoms. The first-order chi connectivity index (χ1) is 13.5. The van der Waals surface area contributed by atoms with E-state index in [1.807, 2.05) is 49.7 Å². The molecular weight excluding hydrogens is 412 g/mol. The number of rotatable bonds is 6. The standard InChI is InChI=1S/C20H17ClN4OS2/c1-12-20(28-13(2)23-12)18-11-27-19(24-18)7-17(26)10-25-9-15(8-22-25)14-3-5-16(21)6-4-14/h3-6,8-9,11H,7,10H2,1-2H3. The van der Waals surface area contributed by atoms with Gasteiger partial charge in [-0.2, -0.15) is 5.10 Å². The van der Waals surface area contributed by atoms with Gasteiger partial charge in [0.1, 0.15) is 5.01 Å². The van der Waals surface area contributed by atoms with E-state index in [9.17, 15) is 4.79 Å². The fourth-order valence-corrected chi connectivity index (χ4v) is 4.81. The molecule has 142 valence electrons. The first-order valence-electron chi connectivity index (χ1n) is 8.67. The Balaban J connectivity index is 1.41. The number of nitrogens with zero attached hydrogens (tertiary/aromatic N) is 4. The Bertz CT molecular complexity index is 1130. The predicted molar refractivity (Wildman–Crippen MR) is 114 cm³/mol. The van der Waals surface area contributed by atoms with Crippen LogP contribution in [0, 0.1) is 13.8 Å². The lowest BCUT2D eigenvalue weighted by Crippen LogP contribution is -2.12. The minimum atomic E-state index is 0.0730. The van der Waals surface area contributed by atoms with Gasteiger partial charge in [0, 0.05) is 22.2 Å². The van der Waals surface area contributed by atoms with Gasteiger partial charge in [-0.15, -0.1) is 22.7 Å². The van der Waals surface area contributed by atoms with E-state index in [1.54, 1.807) is 22.2 Å². The maximum atomic E-state index is 12.5. The average Bonchev–Trinajstić information content (AvgIpc) is 3.36. The monoisotopic (exact) mass is 428 g/mol. The third kappa shape index (κ3) is 4.22. The van der Waals surface area contributed by atoms with Crippen molar-refractivity contribution in [2.75, 3.05) is 0 Å². The maximum Gasteiger partial charge on any atom is 0.161 e. The van der Waals surface area contributed by atoms with E-state index in [4.69, 9.17) is 11.6 Å². The smallest absolute Gasteiger partial charge is 0.161 e. The number of aromatic nitrogens is 4. The van der Waals surface area contributed by atoms with Gasteiger partial charge in [-0.25, -0.2) is 9.97 Å². The molecule has 0 spiro atoms. The zero-order valence-corrected chi connectivity index (χ0v) is 17.7. The molecule has 3 heterocycles. The Morgan fingerprint density at radius 2 is 1.93 bits per heavy atom. The molecule has 0 saturated heterocycles. The highest BCUT2D eigenvalue weighted by molar-refractivity contribution is 7.16. The number of carbonyl (C=O) groups is 1. The number of hydrogen-bond acceptors (Lipinski definition) is 6. The Hall–Kier alpha value is -2.35. The largest absolute Gasteiger partial charge is 0.297 e. The average molecular weight is 429 g/mol. The summed E-state index contributed by atoms with van der Waals surface area (Å²) in [6.45, 7) is 4.19. The van der Waals surface area contributed by atoms with Crippen LogP contribution < -0.4 is 0 Å². The third-order valence-corrected chi connectivity index (χ3v) is 6.38. The minimum Gasteiger partial charge on any atom is -0.297 e. The van der Waals surface area contributed by atoms with E-state index in [1.165, 1.54) is 11.3 Å². The number of aryl methyl sites for hydroxylation is 2. The maximum absolute atomic E-state index is 12.5. The summed E-state index contributed by atoms with van der Waals surface area (Å²) >= 11 is 9.07. The Labute approximate surface area is 175 Å². The Kier molecular flexibility index (Phi) is 5.39. The second kappa shape index (κ2) is 7.95. The molecule has 0 aliphatic heterocycles. The van der Waals surface area contributed by atoms with Gasteiger partial charge in [-0.05, 0) is 31.5 Å². The van der Waals surface area contributed by atoms with Crippen molar-refractivity contribution in [2.24, 2.45) is 0 Å². The zero-order valence-electron chi connectivity index (χ0n) is 15.3. The van der Waals surface area contributed by atoms with Crippen molar-refractivity contribution in [3.05, 3.63) is 62.8 Å². The van der Waals surface area contributed by atoms with Gasteiger partial charge in [0.05, 0.1) is 40.4 Å². The van der Waals surface area contributed by atoms with Crippen molar-refractivity contribution in [1.82, 2.24) is 19.7 Å². The van der Waals surface area contributed by atoms with Gasteiger partial charge in [0.15, 0.2) is 5.78 Å². The minimum absolute atomic E-state index is 0.0730. The molecule has 0 N–H and O–H groups in total. The van der Waals surface area contributed by atoms with Crippen LogP contribution in [0.5, 0.6) is 0 Å². The van der Waals surface area contributed by atoms with Crippen LogP contribution in [0.25, 0.3) is 21.7 Å². The summed E-state index contributed by atoms with van der Waals surface area (Å²) in [6, 6.07) is 7.55. The lowest BCUT2D eigenvalue weighted by molar-refractivity contribution is -0.119. The van der Waals surface area contributed by atoms with Crippen LogP contribution in [0.3, 0.4) is 0 Å². The van der Waals surface area contributed by atoms with Crippen molar-refractivity contribution in [3.63, 3.8) is 0 Å². The van der Waals surface area contributed by atoms with Crippen molar-refractivity contribution in [1.29, 1.82) is 0 Å². The van der Waals surface area contributed by atoms with Crippen LogP contribution >= 0.6 is 34.3 Å². The Morgan fingerprint density at radius 3 is 2.64 bits per heavy atom. The highest BCUT2D eigenvalue weighted by Crippen LogP contribution is 2.30. The van der Waals surface area contributed by atoms with Crippen LogP contribution in [0.2, 0.25) is 5.02 Å². The van der Waals surface area contributed by atoms with Gasteiger partial charge < -0.3 is 0 Å². The number of Topliss-reactive ketones (excluding diaryl/α,β-unsaturated/α-hetero) is 1. The molecule has 0 aliphatic rings. The molecule has 0 amide bonds. The molecule has 0 radical (unpaired) electrons. The number of benzene rings is 1. The van der Waals surface area contributed by atoms with Gasteiger partial charge >= 0.3 is 0 Å². The van der Waals surface area contributed by atoms with Crippen LogP contribution in [-0.2, 0) is 17.8 Å². The summed E-state index contributed by atoms with van der Waals surface area (Å²) in [4.78, 5) is 22.6. The topological polar surface area (TPSA) is 60.7 Å². The first kappa shape index (κ1) is 19.0. The summed E-state index contributed by atoms with van der Waals surface area (Å²) in [5, 5.41) is 8.83. The molecule has 0 aliphatic carbocycles. The molecule has 0 unspecified atom stereocenters. The third-order valence-electron chi connectivity index (χ3n) is 4.19. The SMILES string of the molecule is Cc1nc(C)c(-c2csc(CC(=O)Cn3cc(-c4ccc(Cl)cc4)cn3)n2)s1. The molecule has 1 aromatic carbocycles. The fraction of sp³-hybridized carbons (Fsp3) is 0.200. The molecule has 8 heteroatoms. The first-order valence-corrected chi connectivity index (χ1v) is 10.7. The van der Waals surface area contributed by atoms with Gasteiger partial charge in [0.25, 0.3) is 0 Å². The normalized spacial score (nSPS) is 11.1. The van der Waals surface area contributed by atoms with Crippen LogP contribution in [-0.4, -0.2) is 25.5 Å². The molecule has 0 bridgehead atoms. The van der Waals surface area contributed by atoms with Gasteiger partial charge in [0.2, 0.25) is 0 Å². The van der Waals surface area contributed by atoms with Crippen molar-refractivity contribution >= 4 is 40.1 Å². The van der Waals surface area contributed by atoms with E-state index < -0.39 is 0 Å². The predicted octanol–water partition coefficient (Wildman–Crippen LogP) is 5.21. The molecule has 0 atom stereocenters. The van der Waals surface area contributed by atoms with Crippen molar-refractivity contribution in [2.45, 2.75) is 26.8 Å². The Morgan fingerprint density at radius 1 is 1.14 bits per heavy atom. The van der Waals surface area contributed by atoms with Crippen LogP contribution in [0.1, 0.15) is 15.7 Å². The van der Waals surface area contributed by atoms with E-state index >= 15 is 0 Å². The summed E-state index contributed by atoms with van der Waals surface area (Å²) in [7, 11) is 0. The van der Waals surface area contributed by atoms with E-state index in [-0.39, 0.29) is 12.3 Å². The number of halogens is 1. The zero-order chi connectivity index (χ0) is 19.7. The number of thiazole rings is 2. The lowest BCUT2D eigenvalue weighted by atomic mass is 10.1. The fourth-order valence-electron chi connectivity index (χ4n) is 2.91. The molecule has 3 aromatic heterocycles. The molecule has 0 saturated carbocycles. The molecule has 0 fully saturated rings. The number of carbonyl (C=O) groups excluding carboxylic acids is 1.